The summed E-state index contributed by atoms with van der Waals surface area (Å²) in [6.45, 7) is 4.49. The molecule has 2 saturated heterocycles. The summed E-state index contributed by atoms with van der Waals surface area (Å²) in [5, 5.41) is 10.8. The second kappa shape index (κ2) is 22.0. The zero-order valence-corrected chi connectivity index (χ0v) is 27.8. The van der Waals surface area contributed by atoms with Crippen LogP contribution in [0.4, 0.5) is 0 Å². The SMILES string of the molecule is CCCCCCCCCCCCCCCCC12OC(=O)CC(O)(CC(=O)OC1CCCCCCCCCCCC)C(=O)O2. The zero-order chi connectivity index (χ0) is 31.2. The van der Waals surface area contributed by atoms with E-state index < -0.39 is 48.2 Å². The van der Waals surface area contributed by atoms with E-state index in [1.54, 1.807) is 0 Å². The Hall–Kier alpha value is -1.63. The molecule has 2 aliphatic rings. The molecular weight excluding hydrogens is 544 g/mol. The molecule has 0 amide bonds. The van der Waals surface area contributed by atoms with E-state index in [1.807, 2.05) is 0 Å². The molecule has 0 saturated carbocycles. The van der Waals surface area contributed by atoms with Gasteiger partial charge in [0.05, 0.1) is 12.8 Å². The van der Waals surface area contributed by atoms with Crippen molar-refractivity contribution < 1.29 is 33.7 Å². The van der Waals surface area contributed by atoms with Crippen molar-refractivity contribution in [1.29, 1.82) is 0 Å². The Bertz CT molecular complexity index is 784. The molecular formula is C36H64O7. The van der Waals surface area contributed by atoms with Crippen LogP contribution < -0.4 is 0 Å². The van der Waals surface area contributed by atoms with Crippen LogP contribution in [0.3, 0.4) is 0 Å². The van der Waals surface area contributed by atoms with E-state index in [-0.39, 0.29) is 6.42 Å². The number of fused-ring (bicyclic) bond motifs is 3. The number of hydrogen-bond donors (Lipinski definition) is 1. The number of esters is 3. The molecule has 0 aromatic rings. The highest BCUT2D eigenvalue weighted by Gasteiger charge is 2.58. The first-order chi connectivity index (χ1) is 20.8. The normalized spacial score (nSPS) is 23.8. The van der Waals surface area contributed by atoms with Crippen LogP contribution in [-0.2, 0) is 28.6 Å². The highest BCUT2D eigenvalue weighted by atomic mass is 16.8. The molecule has 2 aliphatic heterocycles. The summed E-state index contributed by atoms with van der Waals surface area (Å²) in [6, 6.07) is 0. The van der Waals surface area contributed by atoms with Crippen molar-refractivity contribution in [3.63, 3.8) is 0 Å². The first kappa shape index (κ1) is 37.6. The van der Waals surface area contributed by atoms with Crippen LogP contribution in [0.1, 0.15) is 194 Å². The third-order valence-electron chi connectivity index (χ3n) is 9.27. The third kappa shape index (κ3) is 14.8. The maximum Gasteiger partial charge on any atom is 0.342 e. The fourth-order valence-electron chi connectivity index (χ4n) is 6.53. The summed E-state index contributed by atoms with van der Waals surface area (Å²) >= 11 is 0. The largest absolute Gasteiger partial charge is 0.454 e. The van der Waals surface area contributed by atoms with Crippen molar-refractivity contribution in [3.05, 3.63) is 0 Å². The average molecular weight is 609 g/mol. The molecule has 0 aromatic carbocycles. The van der Waals surface area contributed by atoms with Gasteiger partial charge in [-0.25, -0.2) is 4.79 Å². The Morgan fingerprint density at radius 3 is 1.42 bits per heavy atom. The minimum absolute atomic E-state index is 0.272. The molecule has 2 bridgehead atoms. The lowest BCUT2D eigenvalue weighted by molar-refractivity contribution is -0.273. The maximum atomic E-state index is 13.0. The molecule has 250 valence electrons. The van der Waals surface area contributed by atoms with E-state index in [4.69, 9.17) is 14.2 Å². The highest BCUT2D eigenvalue weighted by molar-refractivity contribution is 5.92. The number of carbonyl (C=O) groups excluding carboxylic acids is 3. The lowest BCUT2D eigenvalue weighted by Crippen LogP contribution is -2.55. The van der Waals surface area contributed by atoms with Gasteiger partial charge in [-0.05, 0) is 19.3 Å². The van der Waals surface area contributed by atoms with Gasteiger partial charge in [0.25, 0.3) is 5.79 Å². The molecule has 3 atom stereocenters. The van der Waals surface area contributed by atoms with Crippen molar-refractivity contribution in [2.75, 3.05) is 0 Å². The molecule has 2 fully saturated rings. The summed E-state index contributed by atoms with van der Waals surface area (Å²) in [7, 11) is 0. The van der Waals surface area contributed by atoms with E-state index >= 15 is 0 Å². The molecule has 0 radical (unpaired) electrons. The van der Waals surface area contributed by atoms with E-state index in [1.165, 1.54) is 109 Å². The molecule has 1 N–H and O–H groups in total. The van der Waals surface area contributed by atoms with Crippen molar-refractivity contribution in [2.24, 2.45) is 0 Å². The van der Waals surface area contributed by atoms with Gasteiger partial charge in [0, 0.05) is 6.42 Å². The number of ether oxygens (including phenoxy) is 3. The van der Waals surface area contributed by atoms with Gasteiger partial charge in [-0.3, -0.25) is 9.59 Å². The predicted octanol–water partition coefficient (Wildman–Crippen LogP) is 9.40. The van der Waals surface area contributed by atoms with Crippen molar-refractivity contribution >= 4 is 17.9 Å². The molecule has 2 heterocycles. The van der Waals surface area contributed by atoms with E-state index in [9.17, 15) is 19.5 Å². The monoisotopic (exact) mass is 608 g/mol. The van der Waals surface area contributed by atoms with Gasteiger partial charge in [-0.1, -0.05) is 155 Å². The maximum absolute atomic E-state index is 13.0. The number of unbranched alkanes of at least 4 members (excludes halogenated alkanes) is 22. The summed E-state index contributed by atoms with van der Waals surface area (Å²) in [5.41, 5.74) is -2.23. The Kier molecular flexibility index (Phi) is 19.2. The van der Waals surface area contributed by atoms with Gasteiger partial charge in [-0.2, -0.15) is 0 Å². The van der Waals surface area contributed by atoms with Crippen molar-refractivity contribution in [2.45, 2.75) is 211 Å². The predicted molar refractivity (Wildman–Crippen MR) is 170 cm³/mol. The molecule has 0 aliphatic carbocycles. The Balaban J connectivity index is 1.79. The number of carbonyl (C=O) groups is 3. The van der Waals surface area contributed by atoms with Crippen LogP contribution in [0.2, 0.25) is 0 Å². The smallest absolute Gasteiger partial charge is 0.342 e. The second-order valence-electron chi connectivity index (χ2n) is 13.4. The van der Waals surface area contributed by atoms with Crippen LogP contribution in [0.25, 0.3) is 0 Å². The Labute approximate surface area is 262 Å². The molecule has 3 unspecified atom stereocenters. The lowest BCUT2D eigenvalue weighted by Gasteiger charge is -2.39. The highest BCUT2D eigenvalue weighted by Crippen LogP contribution is 2.40. The van der Waals surface area contributed by atoms with Gasteiger partial charge in [0.1, 0.15) is 0 Å². The number of hydrogen-bond acceptors (Lipinski definition) is 7. The Morgan fingerprint density at radius 2 is 0.953 bits per heavy atom. The summed E-state index contributed by atoms with van der Waals surface area (Å²) in [5.74, 6) is -4.01. The van der Waals surface area contributed by atoms with Crippen molar-refractivity contribution in [3.8, 4) is 0 Å². The van der Waals surface area contributed by atoms with Gasteiger partial charge in [-0.15, -0.1) is 0 Å². The number of aliphatic hydroxyl groups is 1. The van der Waals surface area contributed by atoms with Crippen LogP contribution in [0.5, 0.6) is 0 Å². The van der Waals surface area contributed by atoms with Crippen LogP contribution in [0, 0.1) is 0 Å². The van der Waals surface area contributed by atoms with E-state index in [2.05, 4.69) is 13.8 Å². The van der Waals surface area contributed by atoms with Crippen LogP contribution >= 0.6 is 0 Å². The average Bonchev–Trinajstić information content (AvgIpc) is 3.03. The summed E-state index contributed by atoms with van der Waals surface area (Å²) in [4.78, 5) is 38.5. The fraction of sp³-hybridized carbons (Fsp3) is 0.917. The van der Waals surface area contributed by atoms with E-state index in [0.717, 1.165) is 38.5 Å². The fourth-order valence-corrected chi connectivity index (χ4v) is 6.53. The topological polar surface area (TPSA) is 99.1 Å². The molecule has 7 nitrogen and oxygen atoms in total. The number of rotatable bonds is 26. The van der Waals surface area contributed by atoms with Crippen LogP contribution in [-0.4, -0.2) is 40.5 Å². The molecule has 7 heteroatoms. The van der Waals surface area contributed by atoms with E-state index in [0.29, 0.717) is 12.8 Å². The first-order valence-corrected chi connectivity index (χ1v) is 18.2. The molecule has 2 rings (SSSR count). The van der Waals surface area contributed by atoms with Gasteiger partial charge in [0.2, 0.25) is 0 Å². The minimum atomic E-state index is -2.23. The quantitative estimate of drug-likeness (QED) is 0.0771. The minimum Gasteiger partial charge on any atom is -0.454 e. The standard InChI is InChI=1S/C36H64O7/c1-3-5-7-9-11-13-15-16-17-18-20-22-24-26-28-36-31(27-25-23-21-19-14-12-10-8-6-4-2)41-32(37)29-35(40,34(39)43-36)30-33(38)42-36/h31,40H,3-30H2,1-2H3. The van der Waals surface area contributed by atoms with Crippen LogP contribution in [0.15, 0.2) is 0 Å². The summed E-state index contributed by atoms with van der Waals surface area (Å²) in [6.07, 6.45) is 27.5. The molecule has 0 spiro atoms. The van der Waals surface area contributed by atoms with Gasteiger partial charge < -0.3 is 19.3 Å². The van der Waals surface area contributed by atoms with Gasteiger partial charge >= 0.3 is 17.9 Å². The number of cyclic esters (lactones) is 1. The Morgan fingerprint density at radius 1 is 0.558 bits per heavy atom. The van der Waals surface area contributed by atoms with Gasteiger partial charge in [0.15, 0.2) is 11.7 Å². The second-order valence-corrected chi connectivity index (χ2v) is 13.4. The zero-order valence-electron chi connectivity index (χ0n) is 27.8. The van der Waals surface area contributed by atoms with Crippen molar-refractivity contribution in [1.82, 2.24) is 0 Å². The third-order valence-corrected chi connectivity index (χ3v) is 9.27. The molecule has 0 aromatic heterocycles. The summed E-state index contributed by atoms with van der Waals surface area (Å²) < 4.78 is 17.3. The molecule has 43 heavy (non-hydrogen) atoms. The lowest BCUT2D eigenvalue weighted by atomic mass is 9.93. The first-order valence-electron chi connectivity index (χ1n) is 18.2.